The Hall–Kier alpha value is -2.21. The molecule has 0 bridgehead atoms. The van der Waals surface area contributed by atoms with E-state index >= 15 is 0 Å². The summed E-state index contributed by atoms with van der Waals surface area (Å²) in [6.45, 7) is 2.76. The molecule has 6 nitrogen and oxygen atoms in total. The molecule has 0 unspecified atom stereocenters. The summed E-state index contributed by atoms with van der Waals surface area (Å²) in [6, 6.07) is 3.95. The van der Waals surface area contributed by atoms with Gasteiger partial charge in [-0.2, -0.15) is 0 Å². The van der Waals surface area contributed by atoms with Gasteiger partial charge in [-0.1, -0.05) is 6.07 Å². The van der Waals surface area contributed by atoms with Gasteiger partial charge in [-0.15, -0.1) is 0 Å². The molecule has 6 heteroatoms. The van der Waals surface area contributed by atoms with Crippen LogP contribution in [0.15, 0.2) is 36.9 Å². The first-order chi connectivity index (χ1) is 11.2. The van der Waals surface area contributed by atoms with Crippen molar-refractivity contribution < 1.29 is 4.79 Å². The van der Waals surface area contributed by atoms with E-state index in [1.54, 1.807) is 12.4 Å². The Morgan fingerprint density at radius 1 is 1.48 bits per heavy atom. The van der Waals surface area contributed by atoms with Gasteiger partial charge in [0.15, 0.2) is 0 Å². The fraction of sp³-hybridized carbons (Fsp3) is 0.471. The summed E-state index contributed by atoms with van der Waals surface area (Å²) in [6.07, 6.45) is 9.34. The van der Waals surface area contributed by atoms with E-state index in [1.807, 2.05) is 41.4 Å². The maximum Gasteiger partial charge on any atom is 0.236 e. The molecule has 2 aromatic rings. The van der Waals surface area contributed by atoms with Gasteiger partial charge in [0.05, 0.1) is 6.54 Å². The van der Waals surface area contributed by atoms with Gasteiger partial charge < -0.3 is 9.88 Å². The summed E-state index contributed by atoms with van der Waals surface area (Å²) in [5.74, 6) is 1.50. The van der Waals surface area contributed by atoms with Gasteiger partial charge in [0.1, 0.15) is 5.82 Å². The predicted octanol–water partition coefficient (Wildman–Crippen LogP) is 1.64. The highest BCUT2D eigenvalue weighted by Crippen LogP contribution is 2.24. The van der Waals surface area contributed by atoms with Crippen LogP contribution < -0.4 is 0 Å². The van der Waals surface area contributed by atoms with Crippen molar-refractivity contribution in [3.63, 3.8) is 0 Å². The second-order valence-corrected chi connectivity index (χ2v) is 6.19. The lowest BCUT2D eigenvalue weighted by atomic mass is 9.97. The number of aromatic nitrogens is 3. The molecule has 1 amide bonds. The zero-order valence-corrected chi connectivity index (χ0v) is 13.5. The normalized spacial score (nSPS) is 18.3. The summed E-state index contributed by atoms with van der Waals surface area (Å²) >= 11 is 0. The van der Waals surface area contributed by atoms with E-state index in [4.69, 9.17) is 0 Å². The third-order valence-corrected chi connectivity index (χ3v) is 4.26. The SMILES string of the molecule is CN(CC(=O)N1CCC[C@@H](c2ncc[nH]2)C1)Cc1cccnc1. The number of likely N-dealkylation sites (tertiary alicyclic amines) is 1. The van der Waals surface area contributed by atoms with Crippen molar-refractivity contribution in [3.05, 3.63) is 48.3 Å². The van der Waals surface area contributed by atoms with Crippen molar-refractivity contribution in [2.45, 2.75) is 25.3 Å². The molecule has 1 N–H and O–H groups in total. The van der Waals surface area contributed by atoms with E-state index in [-0.39, 0.29) is 5.91 Å². The molecule has 0 spiro atoms. The molecule has 1 atom stereocenters. The maximum absolute atomic E-state index is 12.6. The smallest absolute Gasteiger partial charge is 0.236 e. The summed E-state index contributed by atoms with van der Waals surface area (Å²) in [5.41, 5.74) is 1.12. The number of piperidine rings is 1. The molecule has 1 aliphatic heterocycles. The lowest BCUT2D eigenvalue weighted by molar-refractivity contribution is -0.133. The van der Waals surface area contributed by atoms with Crippen LogP contribution >= 0.6 is 0 Å². The van der Waals surface area contributed by atoms with E-state index < -0.39 is 0 Å². The molecule has 3 heterocycles. The number of carbonyl (C=O) groups excluding carboxylic acids is 1. The van der Waals surface area contributed by atoms with Gasteiger partial charge in [0.25, 0.3) is 0 Å². The highest BCUT2D eigenvalue weighted by Gasteiger charge is 2.26. The zero-order chi connectivity index (χ0) is 16.1. The number of H-pyrrole nitrogens is 1. The van der Waals surface area contributed by atoms with Crippen LogP contribution in [0.25, 0.3) is 0 Å². The van der Waals surface area contributed by atoms with Gasteiger partial charge in [-0.25, -0.2) is 4.98 Å². The van der Waals surface area contributed by atoms with Crippen LogP contribution in [0.5, 0.6) is 0 Å². The molecule has 23 heavy (non-hydrogen) atoms. The molecular formula is C17H23N5O. The Labute approximate surface area is 136 Å². The highest BCUT2D eigenvalue weighted by atomic mass is 16.2. The molecule has 2 aromatic heterocycles. The van der Waals surface area contributed by atoms with Crippen molar-refractivity contribution in [2.24, 2.45) is 0 Å². The molecule has 1 fully saturated rings. The van der Waals surface area contributed by atoms with Crippen molar-refractivity contribution in [1.82, 2.24) is 24.8 Å². The minimum Gasteiger partial charge on any atom is -0.348 e. The van der Waals surface area contributed by atoms with Crippen LogP contribution in [0.3, 0.4) is 0 Å². The Bertz CT molecular complexity index is 613. The molecular weight excluding hydrogens is 290 g/mol. The van der Waals surface area contributed by atoms with Crippen LogP contribution in [0.4, 0.5) is 0 Å². The number of pyridine rings is 1. The summed E-state index contributed by atoms with van der Waals surface area (Å²) in [7, 11) is 1.97. The van der Waals surface area contributed by atoms with E-state index in [9.17, 15) is 4.79 Å². The van der Waals surface area contributed by atoms with Gasteiger partial charge in [-0.3, -0.25) is 14.7 Å². The quantitative estimate of drug-likeness (QED) is 0.911. The van der Waals surface area contributed by atoms with Crippen LogP contribution in [0.1, 0.15) is 30.1 Å². The monoisotopic (exact) mass is 313 g/mol. The second-order valence-electron chi connectivity index (χ2n) is 6.19. The van der Waals surface area contributed by atoms with Crippen molar-refractivity contribution in [1.29, 1.82) is 0 Å². The minimum atomic E-state index is 0.188. The lowest BCUT2D eigenvalue weighted by Crippen LogP contribution is -2.43. The largest absolute Gasteiger partial charge is 0.348 e. The Morgan fingerprint density at radius 2 is 2.39 bits per heavy atom. The number of amides is 1. The van der Waals surface area contributed by atoms with Crippen molar-refractivity contribution in [3.8, 4) is 0 Å². The number of carbonyl (C=O) groups is 1. The summed E-state index contributed by atoms with van der Waals surface area (Å²) < 4.78 is 0. The topological polar surface area (TPSA) is 65.1 Å². The Balaban J connectivity index is 1.53. The lowest BCUT2D eigenvalue weighted by Gasteiger charge is -2.33. The van der Waals surface area contributed by atoms with E-state index in [1.165, 1.54) is 0 Å². The number of imidazole rings is 1. The van der Waals surface area contributed by atoms with Crippen LogP contribution in [0.2, 0.25) is 0 Å². The fourth-order valence-corrected chi connectivity index (χ4v) is 3.12. The first-order valence-electron chi connectivity index (χ1n) is 8.07. The molecule has 1 saturated heterocycles. The van der Waals surface area contributed by atoms with Crippen LogP contribution in [0, 0.1) is 0 Å². The van der Waals surface area contributed by atoms with E-state index in [0.717, 1.165) is 43.9 Å². The molecule has 0 radical (unpaired) electrons. The Morgan fingerprint density at radius 3 is 3.13 bits per heavy atom. The second kappa shape index (κ2) is 7.37. The number of likely N-dealkylation sites (N-methyl/N-ethyl adjacent to an activating group) is 1. The zero-order valence-electron chi connectivity index (χ0n) is 13.5. The average molecular weight is 313 g/mol. The molecule has 0 saturated carbocycles. The number of hydrogen-bond donors (Lipinski definition) is 1. The molecule has 0 aliphatic carbocycles. The number of nitrogens with zero attached hydrogens (tertiary/aromatic N) is 4. The van der Waals surface area contributed by atoms with Crippen molar-refractivity contribution in [2.75, 3.05) is 26.7 Å². The standard InChI is InChI=1S/C17H23N5O/c1-21(11-14-4-2-6-18-10-14)13-16(23)22-9-3-5-15(12-22)17-19-7-8-20-17/h2,4,6-8,10,15H,3,5,9,11-13H2,1H3,(H,19,20)/t15-/m1/s1. The predicted molar refractivity (Wildman–Crippen MR) is 87.7 cm³/mol. The van der Waals surface area contributed by atoms with Gasteiger partial charge in [-0.05, 0) is 31.5 Å². The maximum atomic E-state index is 12.6. The molecule has 0 aromatic carbocycles. The number of rotatable bonds is 5. The molecule has 1 aliphatic rings. The summed E-state index contributed by atoms with van der Waals surface area (Å²) in [4.78, 5) is 28.2. The fourth-order valence-electron chi connectivity index (χ4n) is 3.12. The first kappa shape index (κ1) is 15.7. The minimum absolute atomic E-state index is 0.188. The number of hydrogen-bond acceptors (Lipinski definition) is 4. The third kappa shape index (κ3) is 4.16. The van der Waals surface area contributed by atoms with Crippen LogP contribution in [-0.4, -0.2) is 57.3 Å². The number of nitrogens with one attached hydrogen (secondary N) is 1. The summed E-state index contributed by atoms with van der Waals surface area (Å²) in [5, 5.41) is 0. The van der Waals surface area contributed by atoms with E-state index in [2.05, 4.69) is 15.0 Å². The first-order valence-corrected chi connectivity index (χ1v) is 8.07. The number of aromatic amines is 1. The van der Waals surface area contributed by atoms with Gasteiger partial charge in [0.2, 0.25) is 5.91 Å². The van der Waals surface area contributed by atoms with Gasteiger partial charge >= 0.3 is 0 Å². The molecule has 3 rings (SSSR count). The van der Waals surface area contributed by atoms with E-state index in [0.29, 0.717) is 12.5 Å². The van der Waals surface area contributed by atoms with Crippen molar-refractivity contribution >= 4 is 5.91 Å². The Kier molecular flexibility index (Phi) is 5.02. The highest BCUT2D eigenvalue weighted by molar-refractivity contribution is 5.78. The molecule has 122 valence electrons. The third-order valence-electron chi connectivity index (χ3n) is 4.26. The van der Waals surface area contributed by atoms with Crippen LogP contribution in [-0.2, 0) is 11.3 Å². The average Bonchev–Trinajstić information content (AvgIpc) is 3.10. The van der Waals surface area contributed by atoms with Gasteiger partial charge in [0, 0.05) is 50.3 Å².